The van der Waals surface area contributed by atoms with Gasteiger partial charge in [0.1, 0.15) is 0 Å². The zero-order valence-electron chi connectivity index (χ0n) is 15.1. The van der Waals surface area contributed by atoms with Crippen molar-refractivity contribution in [2.75, 3.05) is 0 Å². The van der Waals surface area contributed by atoms with Gasteiger partial charge in [0.15, 0.2) is 0 Å². The first-order valence-corrected chi connectivity index (χ1v) is 10.6. The summed E-state index contributed by atoms with van der Waals surface area (Å²) >= 11 is 0. The lowest BCUT2D eigenvalue weighted by molar-refractivity contribution is 1.01. The van der Waals surface area contributed by atoms with Gasteiger partial charge < -0.3 is 4.57 Å². The monoisotopic (exact) mass is 363 g/mol. The number of hydrogen-bond donors (Lipinski definition) is 0. The van der Waals surface area contributed by atoms with Gasteiger partial charge in [0.25, 0.3) is 0 Å². The van der Waals surface area contributed by atoms with E-state index in [4.69, 9.17) is 0 Å². The molecule has 6 rings (SSSR count). The summed E-state index contributed by atoms with van der Waals surface area (Å²) in [5, 5.41) is 10.00. The SMILES string of the molecule is Cn1c2ccccc2c2c3c4ccccc4p(-c4ccccc4)c3ccc21. The fourth-order valence-electron chi connectivity index (χ4n) is 4.56. The van der Waals surface area contributed by atoms with Gasteiger partial charge >= 0.3 is 0 Å². The summed E-state index contributed by atoms with van der Waals surface area (Å²) in [4.78, 5) is 0. The molecular weight excluding hydrogens is 345 g/mol. The Kier molecular flexibility index (Phi) is 3.06. The highest BCUT2D eigenvalue weighted by atomic mass is 31.1. The zero-order valence-corrected chi connectivity index (χ0v) is 15.9. The fourth-order valence-corrected chi connectivity index (χ4v) is 7.19. The Hall–Kier alpha value is -3.02. The van der Waals surface area contributed by atoms with Gasteiger partial charge in [-0.25, -0.2) is 0 Å². The van der Waals surface area contributed by atoms with Crippen molar-refractivity contribution in [1.82, 2.24) is 4.57 Å². The predicted molar refractivity (Wildman–Crippen MR) is 119 cm³/mol. The minimum Gasteiger partial charge on any atom is -0.344 e. The van der Waals surface area contributed by atoms with Crippen LogP contribution in [0.15, 0.2) is 91.0 Å². The number of hydrogen-bond acceptors (Lipinski definition) is 0. The second-order valence-corrected chi connectivity index (χ2v) is 9.27. The van der Waals surface area contributed by atoms with E-state index in [2.05, 4.69) is 103 Å². The molecule has 2 heterocycles. The second-order valence-electron chi connectivity index (χ2n) is 7.12. The van der Waals surface area contributed by atoms with Crippen LogP contribution in [0.5, 0.6) is 0 Å². The smallest absolute Gasteiger partial charge is 0.0495 e. The standard InChI is InChI=1S/C25H18NP/c1-26-20-13-7-5-11-18(20)24-21(26)15-16-23-25(24)19-12-6-8-14-22(19)27(23)17-9-3-2-4-10-17/h2-16H,1H3. The number of benzene rings is 4. The van der Waals surface area contributed by atoms with Crippen molar-refractivity contribution in [3.63, 3.8) is 0 Å². The lowest BCUT2D eigenvalue weighted by atomic mass is 10.1. The Morgan fingerprint density at radius 2 is 1.26 bits per heavy atom. The Balaban J connectivity index is 1.94. The molecule has 0 N–H and O–H groups in total. The first kappa shape index (κ1) is 15.1. The van der Waals surface area contributed by atoms with Gasteiger partial charge in [-0.15, -0.1) is 0 Å². The number of fused-ring (bicyclic) bond motifs is 7. The van der Waals surface area contributed by atoms with Crippen LogP contribution in [0.3, 0.4) is 0 Å². The van der Waals surface area contributed by atoms with Gasteiger partial charge in [0, 0.05) is 44.5 Å². The van der Waals surface area contributed by atoms with Crippen LogP contribution in [-0.4, -0.2) is 4.57 Å². The lowest BCUT2D eigenvalue weighted by Crippen LogP contribution is -1.85. The number of aromatic nitrogens is 1. The van der Waals surface area contributed by atoms with Crippen LogP contribution >= 0.6 is 7.53 Å². The minimum atomic E-state index is -0.501. The van der Waals surface area contributed by atoms with E-state index < -0.39 is 7.53 Å². The Labute approximate surface area is 158 Å². The topological polar surface area (TPSA) is 4.93 Å². The van der Waals surface area contributed by atoms with Crippen LogP contribution in [0.25, 0.3) is 48.1 Å². The quantitative estimate of drug-likeness (QED) is 0.283. The summed E-state index contributed by atoms with van der Waals surface area (Å²) in [5.74, 6) is 0. The summed E-state index contributed by atoms with van der Waals surface area (Å²) in [7, 11) is 1.68. The largest absolute Gasteiger partial charge is 0.344 e. The molecule has 0 aliphatic carbocycles. The van der Waals surface area contributed by atoms with Crippen LogP contribution < -0.4 is 0 Å². The van der Waals surface area contributed by atoms with E-state index in [1.54, 1.807) is 0 Å². The maximum Gasteiger partial charge on any atom is 0.0495 e. The van der Waals surface area contributed by atoms with Crippen molar-refractivity contribution in [3.8, 4) is 5.30 Å². The second kappa shape index (κ2) is 5.49. The molecule has 0 aliphatic rings. The molecular formula is C25H18NP. The van der Waals surface area contributed by atoms with Crippen LogP contribution in [0, 0.1) is 0 Å². The van der Waals surface area contributed by atoms with Crippen molar-refractivity contribution < 1.29 is 0 Å². The van der Waals surface area contributed by atoms with E-state index in [1.165, 1.54) is 48.1 Å². The van der Waals surface area contributed by atoms with E-state index in [-0.39, 0.29) is 0 Å². The third kappa shape index (κ3) is 1.95. The summed E-state index contributed by atoms with van der Waals surface area (Å²) in [6, 6.07) is 33.5. The summed E-state index contributed by atoms with van der Waals surface area (Å²) in [6.07, 6.45) is 0. The summed E-state index contributed by atoms with van der Waals surface area (Å²) in [6.45, 7) is 0. The molecule has 128 valence electrons. The van der Waals surface area contributed by atoms with E-state index >= 15 is 0 Å². The molecule has 4 aromatic carbocycles. The highest BCUT2D eigenvalue weighted by molar-refractivity contribution is 7.68. The lowest BCUT2D eigenvalue weighted by Gasteiger charge is -2.04. The van der Waals surface area contributed by atoms with Gasteiger partial charge in [-0.1, -0.05) is 80.3 Å². The molecule has 0 saturated heterocycles. The van der Waals surface area contributed by atoms with Crippen molar-refractivity contribution in [2.24, 2.45) is 7.05 Å². The van der Waals surface area contributed by atoms with E-state index in [0.29, 0.717) is 0 Å². The van der Waals surface area contributed by atoms with Gasteiger partial charge in [-0.2, -0.15) is 0 Å². The molecule has 0 radical (unpaired) electrons. The first-order valence-electron chi connectivity index (χ1n) is 9.29. The molecule has 2 heteroatoms. The average molecular weight is 363 g/mol. The highest BCUT2D eigenvalue weighted by Gasteiger charge is 2.18. The van der Waals surface area contributed by atoms with Crippen LogP contribution in [0.1, 0.15) is 0 Å². The van der Waals surface area contributed by atoms with E-state index in [1.807, 2.05) is 0 Å². The molecule has 1 atom stereocenters. The molecule has 1 unspecified atom stereocenters. The summed E-state index contributed by atoms with van der Waals surface area (Å²) in [5.41, 5.74) is 2.61. The van der Waals surface area contributed by atoms with Crippen LogP contribution in [-0.2, 0) is 7.05 Å². The van der Waals surface area contributed by atoms with Gasteiger partial charge in [-0.05, 0) is 28.9 Å². The summed E-state index contributed by atoms with van der Waals surface area (Å²) < 4.78 is 2.33. The van der Waals surface area contributed by atoms with Crippen molar-refractivity contribution in [3.05, 3.63) is 91.0 Å². The molecule has 0 spiro atoms. The molecule has 0 bridgehead atoms. The van der Waals surface area contributed by atoms with E-state index in [9.17, 15) is 0 Å². The van der Waals surface area contributed by atoms with Crippen molar-refractivity contribution in [2.45, 2.75) is 0 Å². The number of rotatable bonds is 1. The van der Waals surface area contributed by atoms with Crippen LogP contribution in [0.2, 0.25) is 0 Å². The maximum absolute atomic E-state index is 2.37. The molecule has 2 aromatic heterocycles. The zero-order chi connectivity index (χ0) is 18.0. The minimum absolute atomic E-state index is 0.501. The number of para-hydroxylation sites is 1. The normalized spacial score (nSPS) is 12.6. The molecule has 0 fully saturated rings. The van der Waals surface area contributed by atoms with Crippen molar-refractivity contribution in [1.29, 1.82) is 0 Å². The molecule has 0 amide bonds. The number of aryl methyl sites for hydroxylation is 1. The number of nitrogens with zero attached hydrogens (tertiary/aromatic N) is 1. The van der Waals surface area contributed by atoms with E-state index in [0.717, 1.165) is 0 Å². The molecule has 0 saturated carbocycles. The Morgan fingerprint density at radius 1 is 0.556 bits per heavy atom. The van der Waals surface area contributed by atoms with Gasteiger partial charge in [0.05, 0.1) is 0 Å². The highest BCUT2D eigenvalue weighted by Crippen LogP contribution is 2.56. The van der Waals surface area contributed by atoms with Gasteiger partial charge in [0.2, 0.25) is 0 Å². The maximum atomic E-state index is 2.37. The molecule has 27 heavy (non-hydrogen) atoms. The molecule has 6 aromatic rings. The van der Waals surface area contributed by atoms with Crippen molar-refractivity contribution >= 4 is 50.3 Å². The fraction of sp³-hybridized carbons (Fsp3) is 0.0400. The van der Waals surface area contributed by atoms with Crippen LogP contribution in [0.4, 0.5) is 0 Å². The average Bonchev–Trinajstić information content (AvgIpc) is 3.22. The molecule has 0 aliphatic heterocycles. The first-order chi connectivity index (χ1) is 13.3. The predicted octanol–water partition coefficient (Wildman–Crippen LogP) is 7.61. The third-order valence-corrected chi connectivity index (χ3v) is 8.27. The Bertz CT molecular complexity index is 1470. The third-order valence-electron chi connectivity index (χ3n) is 5.73. The van der Waals surface area contributed by atoms with Gasteiger partial charge in [-0.3, -0.25) is 0 Å². The Morgan fingerprint density at radius 3 is 2.11 bits per heavy atom. The molecule has 1 nitrogen and oxygen atoms in total.